The van der Waals surface area contributed by atoms with Crippen LogP contribution in [-0.2, 0) is 0 Å². The van der Waals surface area contributed by atoms with E-state index in [4.69, 9.17) is 0 Å². The second-order valence-corrected chi connectivity index (χ2v) is 2.52. The third kappa shape index (κ3) is 4.06. The Morgan fingerprint density at radius 3 is 2.62 bits per heavy atom. The molecule has 0 N–H and O–H groups in total. The van der Waals surface area contributed by atoms with Gasteiger partial charge in [0.1, 0.15) is 0 Å². The largest absolute Gasteiger partial charge is 0.257 e. The average Bonchev–Trinajstić information content (AvgIpc) is 2.19. The van der Waals surface area contributed by atoms with Crippen molar-refractivity contribution in [1.82, 2.24) is 4.98 Å². The summed E-state index contributed by atoms with van der Waals surface area (Å²) in [7, 11) is 0. The Morgan fingerprint density at radius 2 is 1.92 bits per heavy atom. The smallest absolute Gasteiger partial charge is 0.0629 e. The van der Waals surface area contributed by atoms with Crippen molar-refractivity contribution >= 4 is 6.08 Å². The van der Waals surface area contributed by atoms with Gasteiger partial charge in [0, 0.05) is 6.20 Å². The summed E-state index contributed by atoms with van der Waals surface area (Å²) in [6.45, 7) is 1.99. The first-order chi connectivity index (χ1) is 6.43. The zero-order valence-corrected chi connectivity index (χ0v) is 7.72. The van der Waals surface area contributed by atoms with Gasteiger partial charge in [0.15, 0.2) is 0 Å². The first-order valence-corrected chi connectivity index (χ1v) is 4.30. The minimum absolute atomic E-state index is 0.979. The van der Waals surface area contributed by atoms with Gasteiger partial charge >= 0.3 is 0 Å². The molecule has 66 valence electrons. The van der Waals surface area contributed by atoms with Crippen LogP contribution in [0.4, 0.5) is 0 Å². The topological polar surface area (TPSA) is 12.9 Å². The van der Waals surface area contributed by atoms with Crippen molar-refractivity contribution in [1.29, 1.82) is 0 Å². The van der Waals surface area contributed by atoms with Crippen molar-refractivity contribution in [2.24, 2.45) is 0 Å². The Hall–Kier alpha value is -1.63. The number of pyridine rings is 1. The average molecular weight is 171 g/mol. The van der Waals surface area contributed by atoms with Gasteiger partial charge in [0.25, 0.3) is 0 Å². The van der Waals surface area contributed by atoms with Crippen molar-refractivity contribution in [3.05, 3.63) is 60.5 Å². The molecule has 0 aromatic carbocycles. The zero-order valence-electron chi connectivity index (χ0n) is 7.72. The summed E-state index contributed by atoms with van der Waals surface area (Å²) in [5.41, 5.74) is 0.979. The lowest BCUT2D eigenvalue weighted by atomic mass is 10.3. The first-order valence-electron chi connectivity index (χ1n) is 4.30. The molecule has 1 aromatic heterocycles. The van der Waals surface area contributed by atoms with Gasteiger partial charge in [-0.25, -0.2) is 0 Å². The molecule has 1 aromatic rings. The van der Waals surface area contributed by atoms with E-state index < -0.39 is 0 Å². The molecule has 0 aliphatic carbocycles. The van der Waals surface area contributed by atoms with Gasteiger partial charge in [0.2, 0.25) is 0 Å². The molecule has 0 saturated heterocycles. The quantitative estimate of drug-likeness (QED) is 0.636. The van der Waals surface area contributed by atoms with Crippen LogP contribution in [0.2, 0.25) is 0 Å². The number of allylic oxidation sites excluding steroid dienone is 5. The maximum absolute atomic E-state index is 4.16. The van der Waals surface area contributed by atoms with Crippen LogP contribution in [0.5, 0.6) is 0 Å². The van der Waals surface area contributed by atoms with E-state index in [1.807, 2.05) is 61.6 Å². The minimum atomic E-state index is 0.979. The Morgan fingerprint density at radius 1 is 1.08 bits per heavy atom. The highest BCUT2D eigenvalue weighted by Gasteiger charge is 1.80. The molecule has 0 aliphatic heterocycles. The van der Waals surface area contributed by atoms with E-state index in [0.29, 0.717) is 0 Å². The number of rotatable bonds is 3. The van der Waals surface area contributed by atoms with Crippen LogP contribution in [-0.4, -0.2) is 4.98 Å². The van der Waals surface area contributed by atoms with E-state index in [0.717, 1.165) is 5.69 Å². The SMILES string of the molecule is C\C=C/C=C\C=C\c1ccccn1. The third-order valence-electron chi connectivity index (χ3n) is 1.48. The van der Waals surface area contributed by atoms with E-state index in [9.17, 15) is 0 Å². The van der Waals surface area contributed by atoms with Gasteiger partial charge < -0.3 is 0 Å². The summed E-state index contributed by atoms with van der Waals surface area (Å²) < 4.78 is 0. The van der Waals surface area contributed by atoms with Gasteiger partial charge in [0.05, 0.1) is 5.69 Å². The van der Waals surface area contributed by atoms with Crippen LogP contribution in [0.3, 0.4) is 0 Å². The Balaban J connectivity index is 2.50. The van der Waals surface area contributed by atoms with E-state index in [1.54, 1.807) is 6.20 Å². The molecule has 1 nitrogen and oxygen atoms in total. The van der Waals surface area contributed by atoms with Crippen molar-refractivity contribution in [2.75, 3.05) is 0 Å². The molecule has 0 atom stereocenters. The lowest BCUT2D eigenvalue weighted by molar-refractivity contribution is 1.30. The molecule has 0 fully saturated rings. The number of hydrogen-bond acceptors (Lipinski definition) is 1. The second kappa shape index (κ2) is 5.95. The Bertz CT molecular complexity index is 307. The monoisotopic (exact) mass is 171 g/mol. The Kier molecular flexibility index (Phi) is 4.33. The summed E-state index contributed by atoms with van der Waals surface area (Å²) in [4.78, 5) is 4.16. The van der Waals surface area contributed by atoms with E-state index in [2.05, 4.69) is 4.98 Å². The number of hydrogen-bond donors (Lipinski definition) is 0. The molecule has 0 aliphatic rings. The minimum Gasteiger partial charge on any atom is -0.257 e. The van der Waals surface area contributed by atoms with Gasteiger partial charge in [-0.3, -0.25) is 4.98 Å². The van der Waals surface area contributed by atoms with E-state index in [1.165, 1.54) is 0 Å². The highest BCUT2D eigenvalue weighted by atomic mass is 14.6. The fourth-order valence-corrected chi connectivity index (χ4v) is 0.868. The number of nitrogens with zero attached hydrogens (tertiary/aromatic N) is 1. The molecule has 0 unspecified atom stereocenters. The van der Waals surface area contributed by atoms with Gasteiger partial charge in [-0.15, -0.1) is 0 Å². The van der Waals surface area contributed by atoms with Crippen molar-refractivity contribution in [3.63, 3.8) is 0 Å². The molecule has 0 spiro atoms. The molecule has 0 amide bonds. The number of aromatic nitrogens is 1. The molecule has 13 heavy (non-hydrogen) atoms. The normalized spacial score (nSPS) is 12.1. The van der Waals surface area contributed by atoms with Crippen molar-refractivity contribution in [3.8, 4) is 0 Å². The molecule has 0 saturated carbocycles. The van der Waals surface area contributed by atoms with Crippen LogP contribution in [0, 0.1) is 0 Å². The maximum Gasteiger partial charge on any atom is 0.0629 e. The molecular weight excluding hydrogens is 158 g/mol. The third-order valence-corrected chi connectivity index (χ3v) is 1.48. The summed E-state index contributed by atoms with van der Waals surface area (Å²) in [5.74, 6) is 0. The maximum atomic E-state index is 4.16. The summed E-state index contributed by atoms with van der Waals surface area (Å²) in [6.07, 6.45) is 13.7. The summed E-state index contributed by atoms with van der Waals surface area (Å²) in [6, 6.07) is 5.86. The van der Waals surface area contributed by atoms with Crippen LogP contribution >= 0.6 is 0 Å². The van der Waals surface area contributed by atoms with Gasteiger partial charge in [-0.2, -0.15) is 0 Å². The molecular formula is C12H13N. The highest BCUT2D eigenvalue weighted by Crippen LogP contribution is 1.96. The van der Waals surface area contributed by atoms with Gasteiger partial charge in [-0.05, 0) is 25.1 Å². The van der Waals surface area contributed by atoms with Crippen molar-refractivity contribution < 1.29 is 0 Å². The Labute approximate surface area is 79.1 Å². The van der Waals surface area contributed by atoms with Crippen LogP contribution in [0.25, 0.3) is 6.08 Å². The summed E-state index contributed by atoms with van der Waals surface area (Å²) >= 11 is 0. The highest BCUT2D eigenvalue weighted by molar-refractivity contribution is 5.46. The predicted octanol–water partition coefficient (Wildman–Crippen LogP) is 3.23. The molecule has 0 bridgehead atoms. The molecule has 0 radical (unpaired) electrons. The van der Waals surface area contributed by atoms with Crippen LogP contribution < -0.4 is 0 Å². The summed E-state index contributed by atoms with van der Waals surface area (Å²) in [5, 5.41) is 0. The van der Waals surface area contributed by atoms with Gasteiger partial charge in [-0.1, -0.05) is 36.4 Å². The molecule has 1 heterocycles. The van der Waals surface area contributed by atoms with Crippen LogP contribution in [0.1, 0.15) is 12.6 Å². The predicted molar refractivity (Wildman–Crippen MR) is 57.2 cm³/mol. The first kappa shape index (κ1) is 9.46. The van der Waals surface area contributed by atoms with Crippen molar-refractivity contribution in [2.45, 2.75) is 6.92 Å². The second-order valence-electron chi connectivity index (χ2n) is 2.52. The molecule has 1 heteroatoms. The fraction of sp³-hybridized carbons (Fsp3) is 0.0833. The molecule has 1 rings (SSSR count). The lowest BCUT2D eigenvalue weighted by Gasteiger charge is -1.87. The lowest BCUT2D eigenvalue weighted by Crippen LogP contribution is -1.74. The standard InChI is InChI=1S/C12H13N/c1-2-3-4-5-6-9-12-10-7-8-11-13-12/h2-11H,1H3/b3-2-,5-4-,9-6+. The zero-order chi connectivity index (χ0) is 9.36. The van der Waals surface area contributed by atoms with E-state index >= 15 is 0 Å². The van der Waals surface area contributed by atoms with Crippen LogP contribution in [0.15, 0.2) is 54.8 Å². The van der Waals surface area contributed by atoms with E-state index in [-0.39, 0.29) is 0 Å². The fourth-order valence-electron chi connectivity index (χ4n) is 0.868.